The molecule has 0 aliphatic heterocycles. The first-order valence-electron chi connectivity index (χ1n) is 31.4. The zero-order chi connectivity index (χ0) is 54.3. The lowest BCUT2D eigenvalue weighted by Crippen LogP contribution is -2.30. The second-order valence-corrected chi connectivity index (χ2v) is 20.6. The van der Waals surface area contributed by atoms with E-state index in [1.165, 1.54) is 135 Å². The van der Waals surface area contributed by atoms with Crippen molar-refractivity contribution in [3.8, 4) is 0 Å². The smallest absolute Gasteiger partial charge is 0.306 e. The summed E-state index contributed by atoms with van der Waals surface area (Å²) in [5.74, 6) is -0.893. The van der Waals surface area contributed by atoms with Gasteiger partial charge in [-0.25, -0.2) is 0 Å². The van der Waals surface area contributed by atoms with Gasteiger partial charge in [0.25, 0.3) is 0 Å². The van der Waals surface area contributed by atoms with Crippen LogP contribution in [0.1, 0.15) is 290 Å². The largest absolute Gasteiger partial charge is 0.462 e. The Morgan fingerprint density at radius 1 is 0.280 bits per heavy atom. The molecule has 0 amide bonds. The average Bonchev–Trinajstić information content (AvgIpc) is 3.41. The van der Waals surface area contributed by atoms with Crippen molar-refractivity contribution < 1.29 is 28.6 Å². The third-order valence-electron chi connectivity index (χ3n) is 13.3. The van der Waals surface area contributed by atoms with Crippen molar-refractivity contribution in [2.75, 3.05) is 13.2 Å². The van der Waals surface area contributed by atoms with Gasteiger partial charge in [0, 0.05) is 19.3 Å². The Hall–Kier alpha value is -3.93. The van der Waals surface area contributed by atoms with Crippen LogP contribution >= 0.6 is 0 Å². The van der Waals surface area contributed by atoms with Crippen LogP contribution in [0.5, 0.6) is 0 Å². The third-order valence-corrected chi connectivity index (χ3v) is 13.3. The van der Waals surface area contributed by atoms with Gasteiger partial charge >= 0.3 is 17.9 Å². The van der Waals surface area contributed by atoms with Crippen molar-refractivity contribution in [2.45, 2.75) is 297 Å². The Labute approximate surface area is 463 Å². The van der Waals surface area contributed by atoms with Crippen LogP contribution < -0.4 is 0 Å². The number of hydrogen-bond donors (Lipinski definition) is 0. The van der Waals surface area contributed by atoms with E-state index in [1.807, 2.05) is 0 Å². The Balaban J connectivity index is 4.11. The molecule has 0 bridgehead atoms. The molecular formula is C69H116O6. The summed E-state index contributed by atoms with van der Waals surface area (Å²) in [4.78, 5) is 38.0. The van der Waals surface area contributed by atoms with Crippen molar-refractivity contribution in [3.05, 3.63) is 109 Å². The molecular weight excluding hydrogens is 925 g/mol. The number of carbonyl (C=O) groups is 3. The van der Waals surface area contributed by atoms with Crippen molar-refractivity contribution in [2.24, 2.45) is 0 Å². The molecule has 0 saturated heterocycles. The van der Waals surface area contributed by atoms with E-state index >= 15 is 0 Å². The van der Waals surface area contributed by atoms with Crippen molar-refractivity contribution >= 4 is 17.9 Å². The molecule has 0 heterocycles. The number of unbranched alkanes of at least 4 members (excludes halogenated alkanes) is 27. The molecule has 0 aliphatic carbocycles. The van der Waals surface area contributed by atoms with Gasteiger partial charge in [0.1, 0.15) is 13.2 Å². The average molecular weight is 1040 g/mol. The van der Waals surface area contributed by atoms with Gasteiger partial charge in [-0.15, -0.1) is 0 Å². The van der Waals surface area contributed by atoms with Gasteiger partial charge in [0.15, 0.2) is 6.10 Å². The van der Waals surface area contributed by atoms with E-state index in [-0.39, 0.29) is 31.1 Å². The molecule has 0 aromatic heterocycles. The highest BCUT2D eigenvalue weighted by atomic mass is 16.6. The minimum Gasteiger partial charge on any atom is -0.462 e. The van der Waals surface area contributed by atoms with Gasteiger partial charge in [-0.3, -0.25) is 14.4 Å². The maximum Gasteiger partial charge on any atom is 0.306 e. The first-order valence-corrected chi connectivity index (χ1v) is 31.4. The van der Waals surface area contributed by atoms with E-state index in [9.17, 15) is 14.4 Å². The van der Waals surface area contributed by atoms with Crippen molar-refractivity contribution in [3.63, 3.8) is 0 Å². The van der Waals surface area contributed by atoms with Crippen LogP contribution in [0, 0.1) is 0 Å². The maximum absolute atomic E-state index is 12.8. The van der Waals surface area contributed by atoms with Crippen LogP contribution in [-0.4, -0.2) is 37.2 Å². The Morgan fingerprint density at radius 2 is 0.520 bits per heavy atom. The van der Waals surface area contributed by atoms with E-state index in [4.69, 9.17) is 14.2 Å². The van der Waals surface area contributed by atoms with Crippen LogP contribution in [0.15, 0.2) is 109 Å². The number of rotatable bonds is 56. The highest BCUT2D eigenvalue weighted by Crippen LogP contribution is 2.15. The highest BCUT2D eigenvalue weighted by molar-refractivity contribution is 5.71. The first kappa shape index (κ1) is 71.1. The van der Waals surface area contributed by atoms with E-state index in [2.05, 4.69) is 130 Å². The van der Waals surface area contributed by atoms with E-state index < -0.39 is 6.10 Å². The summed E-state index contributed by atoms with van der Waals surface area (Å²) in [7, 11) is 0. The van der Waals surface area contributed by atoms with Gasteiger partial charge in [-0.05, 0) is 109 Å². The SMILES string of the molecule is CC/C=C\C/C=C\C/C=C\C/C=C\C/C=C\C/C=C\C/C=C\CCCCCCCCCCCCCC(=O)OCC(COC(=O)CCCCCCCCC)OC(=O)CCCCCCCCC/C=C\C/C=C\CCCCC. The lowest BCUT2D eigenvalue weighted by Gasteiger charge is -2.18. The number of carbonyl (C=O) groups excluding carboxylic acids is 3. The molecule has 428 valence electrons. The lowest BCUT2D eigenvalue weighted by molar-refractivity contribution is -0.167. The van der Waals surface area contributed by atoms with E-state index in [0.29, 0.717) is 19.3 Å². The molecule has 0 aromatic carbocycles. The molecule has 6 nitrogen and oxygen atoms in total. The Morgan fingerprint density at radius 3 is 0.840 bits per heavy atom. The standard InChI is InChI=1S/C69H116O6/c1-4-7-10-13-16-18-20-22-24-26-27-28-29-30-31-32-33-34-35-36-37-38-39-40-41-43-44-46-48-50-53-56-59-62-68(71)74-65-66(64-73-67(70)61-58-55-52-15-12-9-6-3)75-69(72)63-60-57-54-51-49-47-45-42-25-23-21-19-17-14-11-8-5-2/h7,10,16-19,22-25,27-28,30-31,33-34,36-37,66H,4-6,8-9,11-15,20-21,26,29,32,35,38-65H2,1-3H3/b10-7-,18-16-,19-17-,24-22-,25-23-,28-27-,31-30-,34-33-,37-36-. The Kier molecular flexibility index (Phi) is 59.3. The van der Waals surface area contributed by atoms with Crippen molar-refractivity contribution in [1.82, 2.24) is 0 Å². The fourth-order valence-corrected chi connectivity index (χ4v) is 8.57. The lowest BCUT2D eigenvalue weighted by atomic mass is 10.0. The molecule has 75 heavy (non-hydrogen) atoms. The number of hydrogen-bond acceptors (Lipinski definition) is 6. The van der Waals surface area contributed by atoms with Gasteiger partial charge in [0.2, 0.25) is 0 Å². The zero-order valence-electron chi connectivity index (χ0n) is 49.0. The normalized spacial score (nSPS) is 12.8. The minimum atomic E-state index is -0.781. The summed E-state index contributed by atoms with van der Waals surface area (Å²) in [5.41, 5.74) is 0. The molecule has 0 radical (unpaired) electrons. The number of esters is 3. The van der Waals surface area contributed by atoms with Crippen LogP contribution in [0.4, 0.5) is 0 Å². The summed E-state index contributed by atoms with van der Waals surface area (Å²) in [6.45, 7) is 6.46. The number of allylic oxidation sites excluding steroid dienone is 18. The van der Waals surface area contributed by atoms with E-state index in [1.54, 1.807) is 0 Å². The number of ether oxygens (including phenoxy) is 3. The second kappa shape index (κ2) is 62.6. The van der Waals surface area contributed by atoms with Gasteiger partial charge in [0.05, 0.1) is 0 Å². The summed E-state index contributed by atoms with van der Waals surface area (Å²) in [6, 6.07) is 0. The summed E-state index contributed by atoms with van der Waals surface area (Å²) < 4.78 is 16.8. The molecule has 0 spiro atoms. The summed E-state index contributed by atoms with van der Waals surface area (Å²) in [6.07, 6.45) is 85.4. The molecule has 0 saturated carbocycles. The van der Waals surface area contributed by atoms with E-state index in [0.717, 1.165) is 116 Å². The molecule has 0 N–H and O–H groups in total. The molecule has 0 fully saturated rings. The van der Waals surface area contributed by atoms with Gasteiger partial charge < -0.3 is 14.2 Å². The third kappa shape index (κ3) is 60.8. The molecule has 0 aliphatic rings. The van der Waals surface area contributed by atoms with Crippen LogP contribution in [0.3, 0.4) is 0 Å². The fourth-order valence-electron chi connectivity index (χ4n) is 8.57. The molecule has 1 atom stereocenters. The van der Waals surface area contributed by atoms with Crippen LogP contribution in [0.25, 0.3) is 0 Å². The predicted molar refractivity (Wildman–Crippen MR) is 325 cm³/mol. The van der Waals surface area contributed by atoms with Crippen molar-refractivity contribution in [1.29, 1.82) is 0 Å². The molecule has 0 rings (SSSR count). The monoisotopic (exact) mass is 1040 g/mol. The molecule has 1 unspecified atom stereocenters. The summed E-state index contributed by atoms with van der Waals surface area (Å²) in [5, 5.41) is 0. The summed E-state index contributed by atoms with van der Waals surface area (Å²) >= 11 is 0. The van der Waals surface area contributed by atoms with Crippen LogP contribution in [-0.2, 0) is 28.6 Å². The quantitative estimate of drug-likeness (QED) is 0.0261. The minimum absolute atomic E-state index is 0.0804. The molecule has 0 aromatic rings. The van der Waals surface area contributed by atoms with Crippen LogP contribution in [0.2, 0.25) is 0 Å². The fraction of sp³-hybridized carbons (Fsp3) is 0.696. The zero-order valence-corrected chi connectivity index (χ0v) is 49.0. The molecule has 6 heteroatoms. The maximum atomic E-state index is 12.8. The predicted octanol–water partition coefficient (Wildman–Crippen LogP) is 21.4. The van der Waals surface area contributed by atoms with Gasteiger partial charge in [-0.1, -0.05) is 271 Å². The second-order valence-electron chi connectivity index (χ2n) is 20.6. The van der Waals surface area contributed by atoms with Gasteiger partial charge in [-0.2, -0.15) is 0 Å². The Bertz CT molecular complexity index is 1520. The topological polar surface area (TPSA) is 78.9 Å². The first-order chi connectivity index (χ1) is 37.0. The highest BCUT2D eigenvalue weighted by Gasteiger charge is 2.19.